The molecule has 0 radical (unpaired) electrons. The maximum absolute atomic E-state index is 13.0. The number of hydrogen-bond donors (Lipinski definition) is 0. The summed E-state index contributed by atoms with van der Waals surface area (Å²) >= 11 is 0. The molecule has 6 aliphatic carbocycles. The van der Waals surface area contributed by atoms with Crippen LogP contribution < -0.4 is 0 Å². The highest BCUT2D eigenvalue weighted by Crippen LogP contribution is 2.62. The predicted octanol–water partition coefficient (Wildman–Crippen LogP) is 5.10. The molecule has 11 atom stereocenters. The number of carbonyl (C=O) groups excluding carboxylic acids is 3. The summed E-state index contributed by atoms with van der Waals surface area (Å²) in [6, 6.07) is 0. The maximum Gasteiger partial charge on any atom is 0.348 e. The maximum atomic E-state index is 13.0. The van der Waals surface area contributed by atoms with Crippen LogP contribution in [0.3, 0.4) is 0 Å². The van der Waals surface area contributed by atoms with E-state index in [9.17, 15) is 14.4 Å². The van der Waals surface area contributed by atoms with Crippen LogP contribution in [0.5, 0.6) is 0 Å². The van der Waals surface area contributed by atoms with Gasteiger partial charge < -0.3 is 14.2 Å². The Kier molecular flexibility index (Phi) is 6.66. The lowest BCUT2D eigenvalue weighted by Gasteiger charge is -2.31. The molecule has 0 aromatic rings. The Hall–Kier alpha value is -1.85. The van der Waals surface area contributed by atoms with Crippen LogP contribution in [0.15, 0.2) is 12.2 Å². The molecule has 4 bridgehead atoms. The van der Waals surface area contributed by atoms with E-state index in [0.717, 1.165) is 48.3 Å². The van der Waals surface area contributed by atoms with Crippen molar-refractivity contribution in [3.05, 3.63) is 12.2 Å². The van der Waals surface area contributed by atoms with E-state index < -0.39 is 24.0 Å². The van der Waals surface area contributed by atoms with Gasteiger partial charge in [0.25, 0.3) is 0 Å². The molecule has 0 saturated heterocycles. The number of hydrogen-bond acceptors (Lipinski definition) is 6. The fraction of sp³-hybridized carbons (Fsp3) is 0.833. The molecule has 0 aromatic carbocycles. The molecule has 0 heterocycles. The second-order valence-corrected chi connectivity index (χ2v) is 13.0. The molecule has 6 saturated carbocycles. The third kappa shape index (κ3) is 4.41. The zero-order chi connectivity index (χ0) is 25.0. The van der Waals surface area contributed by atoms with Gasteiger partial charge in [0.2, 0.25) is 6.10 Å². The molecule has 6 nitrogen and oxygen atoms in total. The molecule has 6 heteroatoms. The molecule has 198 valence electrons. The van der Waals surface area contributed by atoms with Gasteiger partial charge in [-0.2, -0.15) is 0 Å². The predicted molar refractivity (Wildman–Crippen MR) is 132 cm³/mol. The fourth-order valence-corrected chi connectivity index (χ4v) is 9.90. The summed E-state index contributed by atoms with van der Waals surface area (Å²) in [5.74, 6) is 5.32. The third-order valence-corrected chi connectivity index (χ3v) is 11.2. The first kappa shape index (κ1) is 24.5. The quantitative estimate of drug-likeness (QED) is 0.250. The molecular weight excluding hydrogens is 456 g/mol. The molecule has 6 aliphatic rings. The molecule has 0 N–H and O–H groups in total. The second-order valence-electron chi connectivity index (χ2n) is 13.0. The molecule has 0 aliphatic heterocycles. The van der Waals surface area contributed by atoms with Gasteiger partial charge in [-0.15, -0.1) is 0 Å². The van der Waals surface area contributed by atoms with E-state index >= 15 is 0 Å². The lowest BCUT2D eigenvalue weighted by Crippen LogP contribution is -2.35. The van der Waals surface area contributed by atoms with Gasteiger partial charge in [0.15, 0.2) is 0 Å². The summed E-state index contributed by atoms with van der Waals surface area (Å²) in [6.45, 7) is 5.90. The largest absolute Gasteiger partial charge is 0.465 e. The van der Waals surface area contributed by atoms with Gasteiger partial charge >= 0.3 is 17.9 Å². The highest BCUT2D eigenvalue weighted by molar-refractivity contribution is 5.90. The van der Waals surface area contributed by atoms with Crippen molar-refractivity contribution in [2.45, 2.75) is 83.7 Å². The number of carbonyl (C=O) groups is 3. The SMILES string of the molecule is C=C(C)C(=O)OC(CC(=O)OCC1CC2CC1C1CCCC21)C(=O)OCC1CC2CC1C1CCCC21. The Bertz CT molecular complexity index is 911. The van der Waals surface area contributed by atoms with Gasteiger partial charge in [-0.3, -0.25) is 4.79 Å². The topological polar surface area (TPSA) is 78.9 Å². The van der Waals surface area contributed by atoms with E-state index in [-0.39, 0.29) is 12.0 Å². The summed E-state index contributed by atoms with van der Waals surface area (Å²) < 4.78 is 16.7. The van der Waals surface area contributed by atoms with E-state index in [2.05, 4.69) is 6.58 Å². The van der Waals surface area contributed by atoms with Crippen LogP contribution in [0.4, 0.5) is 0 Å². The Morgan fingerprint density at radius 2 is 1.28 bits per heavy atom. The summed E-state index contributed by atoms with van der Waals surface area (Å²) in [5, 5.41) is 0. The zero-order valence-corrected chi connectivity index (χ0v) is 21.7. The van der Waals surface area contributed by atoms with Crippen molar-refractivity contribution in [2.24, 2.45) is 59.2 Å². The van der Waals surface area contributed by atoms with Crippen LogP contribution >= 0.6 is 0 Å². The Balaban J connectivity index is 1.01. The van der Waals surface area contributed by atoms with E-state index in [1.54, 1.807) is 0 Å². The Morgan fingerprint density at radius 1 is 0.750 bits per heavy atom. The van der Waals surface area contributed by atoms with E-state index in [1.807, 2.05) is 0 Å². The smallest absolute Gasteiger partial charge is 0.348 e. The van der Waals surface area contributed by atoms with Crippen molar-refractivity contribution in [3.63, 3.8) is 0 Å². The average Bonchev–Trinajstić information content (AvgIpc) is 3.67. The van der Waals surface area contributed by atoms with Crippen molar-refractivity contribution < 1.29 is 28.6 Å². The minimum Gasteiger partial charge on any atom is -0.465 e. The lowest BCUT2D eigenvalue weighted by molar-refractivity contribution is -0.171. The van der Waals surface area contributed by atoms with Gasteiger partial charge in [-0.1, -0.05) is 19.4 Å². The molecular formula is C30H42O6. The number of ether oxygens (including phenoxy) is 3. The van der Waals surface area contributed by atoms with Crippen molar-refractivity contribution in [1.82, 2.24) is 0 Å². The van der Waals surface area contributed by atoms with Gasteiger partial charge in [0.05, 0.1) is 19.6 Å². The van der Waals surface area contributed by atoms with E-state index in [4.69, 9.17) is 14.2 Å². The van der Waals surface area contributed by atoms with Gasteiger partial charge in [0.1, 0.15) is 0 Å². The van der Waals surface area contributed by atoms with Crippen molar-refractivity contribution in [3.8, 4) is 0 Å². The number of rotatable bonds is 9. The third-order valence-electron chi connectivity index (χ3n) is 11.2. The van der Waals surface area contributed by atoms with Crippen LogP contribution in [0.25, 0.3) is 0 Å². The van der Waals surface area contributed by atoms with Crippen molar-refractivity contribution in [2.75, 3.05) is 13.2 Å². The highest BCUT2D eigenvalue weighted by atomic mass is 16.6. The second kappa shape index (κ2) is 9.79. The van der Waals surface area contributed by atoms with Gasteiger partial charge in [0, 0.05) is 5.57 Å². The summed E-state index contributed by atoms with van der Waals surface area (Å²) in [4.78, 5) is 37.9. The number of esters is 3. The zero-order valence-electron chi connectivity index (χ0n) is 21.7. The average molecular weight is 499 g/mol. The first-order valence-corrected chi connectivity index (χ1v) is 14.6. The van der Waals surface area contributed by atoms with Crippen LogP contribution in [-0.4, -0.2) is 37.2 Å². The fourth-order valence-electron chi connectivity index (χ4n) is 9.90. The molecule has 6 rings (SSSR count). The molecule has 0 amide bonds. The van der Waals surface area contributed by atoms with Crippen LogP contribution in [0.1, 0.15) is 77.6 Å². The highest BCUT2D eigenvalue weighted by Gasteiger charge is 2.55. The van der Waals surface area contributed by atoms with Crippen LogP contribution in [-0.2, 0) is 28.6 Å². The first-order valence-electron chi connectivity index (χ1n) is 14.6. The first-order chi connectivity index (χ1) is 17.4. The normalized spacial score (nSPS) is 42.1. The summed E-state index contributed by atoms with van der Waals surface area (Å²) in [5.41, 5.74) is 0.189. The van der Waals surface area contributed by atoms with E-state index in [0.29, 0.717) is 36.9 Å². The molecule has 36 heavy (non-hydrogen) atoms. The molecule has 6 fully saturated rings. The van der Waals surface area contributed by atoms with Gasteiger partial charge in [-0.25, -0.2) is 9.59 Å². The van der Waals surface area contributed by atoms with Crippen LogP contribution in [0.2, 0.25) is 0 Å². The minimum absolute atomic E-state index is 0.189. The Morgan fingerprint density at radius 3 is 1.83 bits per heavy atom. The molecule has 0 spiro atoms. The van der Waals surface area contributed by atoms with Gasteiger partial charge in [-0.05, 0) is 117 Å². The monoisotopic (exact) mass is 498 g/mol. The van der Waals surface area contributed by atoms with Crippen molar-refractivity contribution >= 4 is 17.9 Å². The molecule has 11 unspecified atom stereocenters. The summed E-state index contributed by atoms with van der Waals surface area (Å²) in [6.07, 6.45) is 11.3. The molecule has 0 aromatic heterocycles. The Labute approximate surface area is 214 Å². The summed E-state index contributed by atoms with van der Waals surface area (Å²) in [7, 11) is 0. The van der Waals surface area contributed by atoms with Crippen LogP contribution in [0, 0.1) is 59.2 Å². The van der Waals surface area contributed by atoms with E-state index in [1.165, 1.54) is 58.3 Å². The lowest BCUT2D eigenvalue weighted by atomic mass is 9.76. The number of fused-ring (bicyclic) bond motifs is 10. The standard InChI is InChI=1S/C30H42O6/c1-16(2)29(32)36-27(30(33)35-15-20-10-18-12-26(20)24-8-4-6-22(18)24)13-28(31)34-14-19-9-17-11-25(19)23-7-3-5-21(17)23/h17-27H,1,3-15H2,2H3. The van der Waals surface area contributed by atoms with Crippen molar-refractivity contribution in [1.29, 1.82) is 0 Å². The minimum atomic E-state index is -1.28.